The smallest absolute Gasteiger partial charge is 0.173 e. The van der Waals surface area contributed by atoms with Gasteiger partial charge in [0.15, 0.2) is 9.84 Å². The lowest BCUT2D eigenvalue weighted by molar-refractivity contribution is 0.396. The number of rotatable bonds is 5. The number of hydrogen-bond donors (Lipinski definition) is 1. The summed E-state index contributed by atoms with van der Waals surface area (Å²) < 4.78 is 33.0. The minimum absolute atomic E-state index is 0.110. The van der Waals surface area contributed by atoms with Crippen molar-refractivity contribution in [2.75, 3.05) is 20.0 Å². The fourth-order valence-corrected chi connectivity index (χ4v) is 3.23. The molecule has 1 heterocycles. The van der Waals surface area contributed by atoms with Crippen molar-refractivity contribution >= 4 is 9.84 Å². The van der Waals surface area contributed by atoms with E-state index in [1.807, 2.05) is 18.2 Å². The lowest BCUT2D eigenvalue weighted by Gasteiger charge is -2.13. The molecule has 0 spiro atoms. The van der Waals surface area contributed by atoms with E-state index < -0.39 is 9.84 Å². The van der Waals surface area contributed by atoms with Crippen molar-refractivity contribution in [3.05, 3.63) is 35.2 Å². The van der Waals surface area contributed by atoms with Crippen molar-refractivity contribution in [2.45, 2.75) is 12.6 Å². The normalized spacial score (nSPS) is 20.4. The van der Waals surface area contributed by atoms with Crippen LogP contribution in [0.2, 0.25) is 0 Å². The second-order valence-corrected chi connectivity index (χ2v) is 6.25. The van der Waals surface area contributed by atoms with Crippen molar-refractivity contribution in [2.24, 2.45) is 0 Å². The van der Waals surface area contributed by atoms with Gasteiger partial charge < -0.3 is 14.8 Å². The van der Waals surface area contributed by atoms with Gasteiger partial charge in [0.05, 0.1) is 20.0 Å². The predicted octanol–water partition coefficient (Wildman–Crippen LogP) is 1.10. The molecule has 0 saturated carbocycles. The highest BCUT2D eigenvalue weighted by molar-refractivity contribution is 7.94. The van der Waals surface area contributed by atoms with Crippen molar-refractivity contribution in [1.29, 1.82) is 0 Å². The highest BCUT2D eigenvalue weighted by Gasteiger charge is 2.21. The molecule has 0 aliphatic carbocycles. The highest BCUT2D eigenvalue weighted by atomic mass is 32.2. The second-order valence-electron chi connectivity index (χ2n) is 4.32. The zero-order valence-corrected chi connectivity index (χ0v) is 11.7. The predicted molar refractivity (Wildman–Crippen MR) is 73.1 cm³/mol. The molecule has 1 aliphatic rings. The van der Waals surface area contributed by atoms with Crippen LogP contribution in [-0.2, 0) is 16.4 Å². The van der Waals surface area contributed by atoms with E-state index in [-0.39, 0.29) is 11.8 Å². The monoisotopic (exact) mass is 283 g/mol. The first kappa shape index (κ1) is 13.9. The van der Waals surface area contributed by atoms with Gasteiger partial charge in [-0.1, -0.05) is 6.08 Å². The Balaban J connectivity index is 2.05. The van der Waals surface area contributed by atoms with Crippen molar-refractivity contribution in [1.82, 2.24) is 5.32 Å². The van der Waals surface area contributed by atoms with Crippen LogP contribution in [0.1, 0.15) is 5.56 Å². The lowest BCUT2D eigenvalue weighted by Crippen LogP contribution is -2.29. The van der Waals surface area contributed by atoms with Gasteiger partial charge in [-0.3, -0.25) is 0 Å². The van der Waals surface area contributed by atoms with Crippen LogP contribution in [0.25, 0.3) is 0 Å². The molecule has 1 unspecified atom stereocenters. The first-order chi connectivity index (χ1) is 9.04. The SMILES string of the molecule is COc1ccc(OC)c(CNC2C=CS(=O)(=O)C2)c1. The van der Waals surface area contributed by atoms with Crippen molar-refractivity contribution < 1.29 is 17.9 Å². The Morgan fingerprint density at radius 3 is 2.68 bits per heavy atom. The second kappa shape index (κ2) is 5.63. The maximum atomic E-state index is 11.3. The number of hydrogen-bond acceptors (Lipinski definition) is 5. The molecule has 6 heteroatoms. The molecule has 104 valence electrons. The van der Waals surface area contributed by atoms with E-state index in [2.05, 4.69) is 5.32 Å². The molecular weight excluding hydrogens is 266 g/mol. The molecule has 0 radical (unpaired) electrons. The van der Waals surface area contributed by atoms with Crippen molar-refractivity contribution in [3.8, 4) is 11.5 Å². The van der Waals surface area contributed by atoms with Gasteiger partial charge in [-0.05, 0) is 18.2 Å². The van der Waals surface area contributed by atoms with Gasteiger partial charge in [-0.15, -0.1) is 0 Å². The summed E-state index contributed by atoms with van der Waals surface area (Å²) in [5.74, 6) is 1.60. The quantitative estimate of drug-likeness (QED) is 0.877. The minimum Gasteiger partial charge on any atom is -0.497 e. The zero-order chi connectivity index (χ0) is 13.9. The first-order valence-electron chi connectivity index (χ1n) is 5.89. The van der Waals surface area contributed by atoms with Gasteiger partial charge in [0.1, 0.15) is 11.5 Å². The lowest BCUT2D eigenvalue weighted by atomic mass is 10.1. The van der Waals surface area contributed by atoms with E-state index >= 15 is 0 Å². The zero-order valence-electron chi connectivity index (χ0n) is 10.9. The third-order valence-electron chi connectivity index (χ3n) is 2.97. The first-order valence-corrected chi connectivity index (χ1v) is 7.61. The average molecular weight is 283 g/mol. The van der Waals surface area contributed by atoms with E-state index in [4.69, 9.17) is 9.47 Å². The summed E-state index contributed by atoms with van der Waals surface area (Å²) in [6.07, 6.45) is 1.67. The number of sulfone groups is 1. The Hall–Kier alpha value is -1.53. The standard InChI is InChI=1S/C13H17NO4S/c1-17-12-3-4-13(18-2)10(7-12)8-14-11-5-6-19(15,16)9-11/h3-7,11,14H,8-9H2,1-2H3. The Bertz CT molecular complexity index is 580. The minimum atomic E-state index is -3.03. The third-order valence-corrected chi connectivity index (χ3v) is 4.37. The summed E-state index contributed by atoms with van der Waals surface area (Å²) in [6, 6.07) is 5.37. The van der Waals surface area contributed by atoms with Crippen LogP contribution < -0.4 is 14.8 Å². The average Bonchev–Trinajstić information content (AvgIpc) is 2.75. The fraction of sp³-hybridized carbons (Fsp3) is 0.385. The molecule has 0 aromatic heterocycles. The number of benzene rings is 1. The molecule has 0 amide bonds. The van der Waals surface area contributed by atoms with Crippen LogP contribution in [-0.4, -0.2) is 34.4 Å². The Labute approximate surface area is 113 Å². The molecule has 1 aromatic carbocycles. The van der Waals surface area contributed by atoms with Gasteiger partial charge in [0.2, 0.25) is 0 Å². The summed E-state index contributed by atoms with van der Waals surface area (Å²) in [7, 11) is 0.178. The van der Waals surface area contributed by atoms with Crippen LogP contribution in [0.4, 0.5) is 0 Å². The maximum Gasteiger partial charge on any atom is 0.173 e. The van der Waals surface area contributed by atoms with Crippen LogP contribution in [0.5, 0.6) is 11.5 Å². The summed E-state index contributed by atoms with van der Waals surface area (Å²) in [5, 5.41) is 4.44. The van der Waals surface area contributed by atoms with E-state index in [9.17, 15) is 8.42 Å². The maximum absolute atomic E-state index is 11.3. The summed E-state index contributed by atoms with van der Waals surface area (Å²) in [4.78, 5) is 0. The third kappa shape index (κ3) is 3.48. The fourth-order valence-electron chi connectivity index (χ4n) is 1.96. The molecule has 0 bridgehead atoms. The van der Waals surface area contributed by atoms with Crippen LogP contribution in [0.15, 0.2) is 29.7 Å². The molecule has 1 aromatic rings. The van der Waals surface area contributed by atoms with Crippen LogP contribution in [0, 0.1) is 0 Å². The van der Waals surface area contributed by atoms with Gasteiger partial charge in [-0.2, -0.15) is 0 Å². The topological polar surface area (TPSA) is 64.6 Å². The van der Waals surface area contributed by atoms with E-state index in [1.54, 1.807) is 20.3 Å². The Kier molecular flexibility index (Phi) is 4.11. The molecule has 1 atom stereocenters. The van der Waals surface area contributed by atoms with Gasteiger partial charge >= 0.3 is 0 Å². The summed E-state index contributed by atoms with van der Waals surface area (Å²) in [6.45, 7) is 0.519. The van der Waals surface area contributed by atoms with Crippen molar-refractivity contribution in [3.63, 3.8) is 0 Å². The molecule has 0 saturated heterocycles. The molecule has 1 aliphatic heterocycles. The van der Waals surface area contributed by atoms with E-state index in [0.717, 1.165) is 17.1 Å². The Morgan fingerprint density at radius 1 is 1.32 bits per heavy atom. The number of nitrogens with one attached hydrogen (secondary N) is 1. The van der Waals surface area contributed by atoms with Gasteiger partial charge in [0, 0.05) is 23.6 Å². The van der Waals surface area contributed by atoms with Gasteiger partial charge in [0.25, 0.3) is 0 Å². The highest BCUT2D eigenvalue weighted by Crippen LogP contribution is 2.24. The van der Waals surface area contributed by atoms with Crippen LogP contribution in [0.3, 0.4) is 0 Å². The molecule has 1 N–H and O–H groups in total. The summed E-state index contributed by atoms with van der Waals surface area (Å²) >= 11 is 0. The van der Waals surface area contributed by atoms with Crippen LogP contribution >= 0.6 is 0 Å². The number of methoxy groups -OCH3 is 2. The molecule has 0 fully saturated rings. The van der Waals surface area contributed by atoms with E-state index in [0.29, 0.717) is 6.54 Å². The Morgan fingerprint density at radius 2 is 2.11 bits per heavy atom. The van der Waals surface area contributed by atoms with E-state index in [1.165, 1.54) is 5.41 Å². The number of ether oxygens (including phenoxy) is 2. The molecule has 5 nitrogen and oxygen atoms in total. The molecule has 19 heavy (non-hydrogen) atoms. The molecule has 2 rings (SSSR count). The van der Waals surface area contributed by atoms with Gasteiger partial charge in [-0.25, -0.2) is 8.42 Å². The summed E-state index contributed by atoms with van der Waals surface area (Å²) in [5.41, 5.74) is 0.930. The largest absolute Gasteiger partial charge is 0.497 e. The molecular formula is C13H17NO4S.